The number of likely N-dealkylation sites (N-methyl/N-ethyl adjacent to an activating group) is 1. The second-order valence-corrected chi connectivity index (χ2v) is 5.30. The van der Waals surface area contributed by atoms with E-state index in [4.69, 9.17) is 10.5 Å². The number of methoxy groups -OCH3 is 1. The Labute approximate surface area is 101 Å². The van der Waals surface area contributed by atoms with Crippen LogP contribution in [0.2, 0.25) is 0 Å². The summed E-state index contributed by atoms with van der Waals surface area (Å²) >= 11 is 0. The lowest BCUT2D eigenvalue weighted by molar-refractivity contribution is 0.111. The third kappa shape index (κ3) is 7.20. The summed E-state index contributed by atoms with van der Waals surface area (Å²) in [4.78, 5) is 2.35. The zero-order valence-electron chi connectivity index (χ0n) is 11.7. The summed E-state index contributed by atoms with van der Waals surface area (Å²) < 4.78 is 5.16. The molecule has 0 saturated heterocycles. The van der Waals surface area contributed by atoms with Crippen LogP contribution in [0.15, 0.2) is 0 Å². The van der Waals surface area contributed by atoms with E-state index in [1.54, 1.807) is 7.11 Å². The van der Waals surface area contributed by atoms with Crippen molar-refractivity contribution in [3.8, 4) is 0 Å². The Balaban J connectivity index is 3.82. The van der Waals surface area contributed by atoms with Crippen LogP contribution in [0.25, 0.3) is 0 Å². The van der Waals surface area contributed by atoms with Gasteiger partial charge in [0.2, 0.25) is 0 Å². The molecule has 0 aromatic heterocycles. The monoisotopic (exact) mass is 230 g/mol. The molecule has 0 aliphatic carbocycles. The van der Waals surface area contributed by atoms with Gasteiger partial charge in [0.15, 0.2) is 0 Å². The molecule has 0 fully saturated rings. The summed E-state index contributed by atoms with van der Waals surface area (Å²) in [6.45, 7) is 9.45. The average Bonchev–Trinajstić information content (AvgIpc) is 2.23. The fourth-order valence-electron chi connectivity index (χ4n) is 1.97. The third-order valence-corrected chi connectivity index (χ3v) is 3.19. The normalized spacial score (nSPS) is 15.8. The summed E-state index contributed by atoms with van der Waals surface area (Å²) in [6.07, 6.45) is 2.43. The first-order valence-corrected chi connectivity index (χ1v) is 6.40. The number of hydrogen-bond acceptors (Lipinski definition) is 3. The van der Waals surface area contributed by atoms with Crippen molar-refractivity contribution < 1.29 is 4.74 Å². The predicted octanol–water partition coefficient (Wildman–Crippen LogP) is 1.96. The Morgan fingerprint density at radius 3 is 2.31 bits per heavy atom. The molecule has 16 heavy (non-hydrogen) atoms. The van der Waals surface area contributed by atoms with Gasteiger partial charge in [0, 0.05) is 13.2 Å². The molecule has 0 rings (SSSR count). The molecule has 2 N–H and O–H groups in total. The van der Waals surface area contributed by atoms with Crippen molar-refractivity contribution in [1.82, 2.24) is 4.90 Å². The second-order valence-electron chi connectivity index (χ2n) is 5.30. The van der Waals surface area contributed by atoms with Gasteiger partial charge in [-0.3, -0.25) is 0 Å². The molecule has 0 aromatic rings. The highest BCUT2D eigenvalue weighted by molar-refractivity contribution is 4.68. The van der Waals surface area contributed by atoms with Gasteiger partial charge >= 0.3 is 0 Å². The highest BCUT2D eigenvalue weighted by atomic mass is 16.5. The molecule has 0 heterocycles. The first-order chi connectivity index (χ1) is 7.51. The maximum absolute atomic E-state index is 5.80. The van der Waals surface area contributed by atoms with Gasteiger partial charge in [0.1, 0.15) is 0 Å². The van der Waals surface area contributed by atoms with E-state index in [9.17, 15) is 0 Å². The van der Waals surface area contributed by atoms with Gasteiger partial charge in [-0.2, -0.15) is 0 Å². The molecule has 0 aliphatic heterocycles. The molecule has 3 heteroatoms. The van der Waals surface area contributed by atoms with Crippen LogP contribution in [0.1, 0.15) is 33.6 Å². The van der Waals surface area contributed by atoms with Crippen LogP contribution >= 0.6 is 0 Å². The fraction of sp³-hybridized carbons (Fsp3) is 1.00. The van der Waals surface area contributed by atoms with Crippen LogP contribution in [-0.4, -0.2) is 44.8 Å². The molecule has 0 spiro atoms. The van der Waals surface area contributed by atoms with E-state index in [-0.39, 0.29) is 0 Å². The minimum atomic E-state index is 0.488. The first-order valence-electron chi connectivity index (χ1n) is 6.40. The SMILES string of the molecule is COCC(C)N(C)CCC(CN)CC(C)C. The predicted molar refractivity (Wildman–Crippen MR) is 70.6 cm³/mol. The molecule has 98 valence electrons. The van der Waals surface area contributed by atoms with Crippen molar-refractivity contribution >= 4 is 0 Å². The van der Waals surface area contributed by atoms with Gasteiger partial charge in [0.05, 0.1) is 6.61 Å². The van der Waals surface area contributed by atoms with Crippen molar-refractivity contribution in [3.63, 3.8) is 0 Å². The van der Waals surface area contributed by atoms with Gasteiger partial charge in [-0.25, -0.2) is 0 Å². The highest BCUT2D eigenvalue weighted by Gasteiger charge is 2.13. The largest absolute Gasteiger partial charge is 0.383 e. The highest BCUT2D eigenvalue weighted by Crippen LogP contribution is 2.15. The molecule has 0 bridgehead atoms. The zero-order chi connectivity index (χ0) is 12.6. The number of hydrogen-bond donors (Lipinski definition) is 1. The summed E-state index contributed by atoms with van der Waals surface area (Å²) in [5, 5.41) is 0. The molecule has 3 nitrogen and oxygen atoms in total. The lowest BCUT2D eigenvalue weighted by Gasteiger charge is -2.26. The molecule has 0 amide bonds. The molecule has 0 radical (unpaired) electrons. The molecule has 2 unspecified atom stereocenters. The molecule has 2 atom stereocenters. The van der Waals surface area contributed by atoms with Gasteiger partial charge in [-0.05, 0) is 51.7 Å². The zero-order valence-corrected chi connectivity index (χ0v) is 11.7. The Morgan fingerprint density at radius 1 is 1.25 bits per heavy atom. The number of nitrogens with two attached hydrogens (primary N) is 1. The summed E-state index contributed by atoms with van der Waals surface area (Å²) in [7, 11) is 3.92. The van der Waals surface area contributed by atoms with Gasteiger partial charge in [0.25, 0.3) is 0 Å². The van der Waals surface area contributed by atoms with Crippen LogP contribution in [0.4, 0.5) is 0 Å². The lowest BCUT2D eigenvalue weighted by atomic mass is 9.94. The van der Waals surface area contributed by atoms with Crippen molar-refractivity contribution in [1.29, 1.82) is 0 Å². The number of rotatable bonds is 9. The summed E-state index contributed by atoms with van der Waals surface area (Å²) in [5.41, 5.74) is 5.80. The van der Waals surface area contributed by atoms with E-state index < -0.39 is 0 Å². The van der Waals surface area contributed by atoms with Crippen LogP contribution in [-0.2, 0) is 4.74 Å². The Kier molecular flexibility index (Phi) is 8.90. The van der Waals surface area contributed by atoms with E-state index in [2.05, 4.69) is 32.7 Å². The van der Waals surface area contributed by atoms with E-state index in [0.717, 1.165) is 25.6 Å². The maximum atomic E-state index is 5.80. The van der Waals surface area contributed by atoms with Crippen LogP contribution in [0, 0.1) is 11.8 Å². The number of ether oxygens (including phenoxy) is 1. The van der Waals surface area contributed by atoms with Crippen LogP contribution < -0.4 is 5.73 Å². The lowest BCUT2D eigenvalue weighted by Crippen LogP contribution is -2.35. The van der Waals surface area contributed by atoms with Gasteiger partial charge in [-0.1, -0.05) is 13.8 Å². The topological polar surface area (TPSA) is 38.5 Å². The Bertz CT molecular complexity index is 162. The quantitative estimate of drug-likeness (QED) is 0.658. The Morgan fingerprint density at radius 2 is 1.88 bits per heavy atom. The molecule has 0 aliphatic rings. The molecule has 0 aromatic carbocycles. The minimum absolute atomic E-state index is 0.488. The average molecular weight is 230 g/mol. The van der Waals surface area contributed by atoms with Crippen molar-refractivity contribution in [2.75, 3.05) is 33.9 Å². The maximum Gasteiger partial charge on any atom is 0.0615 e. The third-order valence-electron chi connectivity index (χ3n) is 3.19. The minimum Gasteiger partial charge on any atom is -0.383 e. The number of nitrogens with zero attached hydrogens (tertiary/aromatic N) is 1. The van der Waals surface area contributed by atoms with Crippen LogP contribution in [0.5, 0.6) is 0 Å². The summed E-state index contributed by atoms with van der Waals surface area (Å²) in [6, 6.07) is 0.488. The Hall–Kier alpha value is -0.120. The van der Waals surface area contributed by atoms with E-state index in [1.165, 1.54) is 12.8 Å². The second kappa shape index (κ2) is 8.97. The van der Waals surface area contributed by atoms with Crippen LogP contribution in [0.3, 0.4) is 0 Å². The smallest absolute Gasteiger partial charge is 0.0615 e. The van der Waals surface area contributed by atoms with Crippen molar-refractivity contribution in [3.05, 3.63) is 0 Å². The van der Waals surface area contributed by atoms with Crippen molar-refractivity contribution in [2.24, 2.45) is 17.6 Å². The van der Waals surface area contributed by atoms with E-state index in [1.807, 2.05) is 0 Å². The molecular weight excluding hydrogens is 200 g/mol. The van der Waals surface area contributed by atoms with E-state index in [0.29, 0.717) is 12.0 Å². The molecular formula is C13H30N2O. The van der Waals surface area contributed by atoms with Gasteiger partial charge < -0.3 is 15.4 Å². The van der Waals surface area contributed by atoms with E-state index >= 15 is 0 Å². The first kappa shape index (κ1) is 15.9. The molecule has 0 saturated carbocycles. The fourth-order valence-corrected chi connectivity index (χ4v) is 1.97. The van der Waals surface area contributed by atoms with Crippen molar-refractivity contribution in [2.45, 2.75) is 39.7 Å². The summed E-state index contributed by atoms with van der Waals surface area (Å²) in [5.74, 6) is 1.41. The standard InChI is InChI=1S/C13H30N2O/c1-11(2)8-13(9-14)6-7-15(4)12(3)10-16-5/h11-13H,6-10,14H2,1-5H3. The van der Waals surface area contributed by atoms with Gasteiger partial charge in [-0.15, -0.1) is 0 Å².